The Labute approximate surface area is 286 Å². The summed E-state index contributed by atoms with van der Waals surface area (Å²) in [6, 6.07) is 53.5. The van der Waals surface area contributed by atoms with Crippen molar-refractivity contribution in [1.29, 1.82) is 0 Å². The SMILES string of the molecule is Cc1cc(C)cc(P(c2cc(C)cc(C)c2)[C@H](C)[c-]2cccc2P(c2ccccc2)c2ccccc2)c1.[CH3-].[CH3-].[Fe+4].c1cc[cH-]c1. The third-order valence-electron chi connectivity index (χ3n) is 7.46. The molecule has 6 aromatic rings. The smallest absolute Gasteiger partial charge is 0.358 e. The molecule has 1 atom stereocenters. The minimum absolute atomic E-state index is 0. The molecule has 0 aromatic heterocycles. The molecule has 0 unspecified atom stereocenters. The van der Waals surface area contributed by atoms with Gasteiger partial charge in [0.1, 0.15) is 0 Å². The summed E-state index contributed by atoms with van der Waals surface area (Å²) in [4.78, 5) is 0. The van der Waals surface area contributed by atoms with Gasteiger partial charge in [-0.05, 0) is 70.4 Å². The van der Waals surface area contributed by atoms with Gasteiger partial charge in [0.25, 0.3) is 0 Å². The molecule has 0 fully saturated rings. The van der Waals surface area contributed by atoms with Crippen molar-refractivity contribution in [3.05, 3.63) is 188 Å². The van der Waals surface area contributed by atoms with Crippen molar-refractivity contribution in [3.8, 4) is 0 Å². The van der Waals surface area contributed by atoms with Crippen LogP contribution in [-0.4, -0.2) is 0 Å². The normalized spacial score (nSPS) is 11.0. The van der Waals surface area contributed by atoms with E-state index >= 15 is 0 Å². The minimum Gasteiger partial charge on any atom is -0.358 e. The molecule has 0 nitrogen and oxygen atoms in total. The van der Waals surface area contributed by atoms with E-state index in [0.717, 1.165) is 0 Å². The van der Waals surface area contributed by atoms with Gasteiger partial charge in [-0.3, -0.25) is 0 Å². The molecule has 0 saturated heterocycles. The number of benzene rings is 4. The number of hydrogen-bond acceptors (Lipinski definition) is 0. The van der Waals surface area contributed by atoms with E-state index in [-0.39, 0.29) is 31.9 Å². The summed E-state index contributed by atoms with van der Waals surface area (Å²) in [5, 5.41) is 7.25. The molecule has 45 heavy (non-hydrogen) atoms. The summed E-state index contributed by atoms with van der Waals surface area (Å²) >= 11 is 0. The van der Waals surface area contributed by atoms with E-state index in [1.165, 1.54) is 54.3 Å². The first-order valence-electron chi connectivity index (χ1n) is 14.7. The maximum absolute atomic E-state index is 2.46. The molecule has 0 heterocycles. The van der Waals surface area contributed by atoms with E-state index in [2.05, 4.69) is 150 Å². The first-order valence-corrected chi connectivity index (χ1v) is 17.4. The van der Waals surface area contributed by atoms with Crippen LogP contribution in [0.1, 0.15) is 40.4 Å². The van der Waals surface area contributed by atoms with Crippen molar-refractivity contribution in [2.45, 2.75) is 40.3 Å². The molecular formula is C42H46FeP2. The Morgan fingerprint density at radius 1 is 0.533 bits per heavy atom. The molecule has 3 heteroatoms. The average molecular weight is 669 g/mol. The third-order valence-corrected chi connectivity index (χ3v) is 12.7. The predicted octanol–water partition coefficient (Wildman–Crippen LogP) is 9.89. The maximum Gasteiger partial charge on any atom is 4.00 e. The van der Waals surface area contributed by atoms with Crippen LogP contribution in [0.3, 0.4) is 0 Å². The zero-order valence-electron chi connectivity index (χ0n) is 27.7. The van der Waals surface area contributed by atoms with Crippen LogP contribution >= 0.6 is 15.8 Å². The molecule has 0 radical (unpaired) electrons. The Morgan fingerprint density at radius 3 is 1.33 bits per heavy atom. The topological polar surface area (TPSA) is 0 Å². The molecule has 0 saturated carbocycles. The van der Waals surface area contributed by atoms with Crippen molar-refractivity contribution in [2.75, 3.05) is 0 Å². The molecule has 0 aliphatic rings. The summed E-state index contributed by atoms with van der Waals surface area (Å²) in [6.07, 6.45) is 0. The van der Waals surface area contributed by atoms with Crippen molar-refractivity contribution in [3.63, 3.8) is 0 Å². The zero-order valence-corrected chi connectivity index (χ0v) is 30.6. The summed E-state index contributed by atoms with van der Waals surface area (Å²) in [7, 11) is -1.24. The summed E-state index contributed by atoms with van der Waals surface area (Å²) in [5.74, 6) is 0. The quantitative estimate of drug-likeness (QED) is 0.0903. The van der Waals surface area contributed by atoms with E-state index in [1.807, 2.05) is 30.3 Å². The van der Waals surface area contributed by atoms with E-state index < -0.39 is 15.8 Å². The van der Waals surface area contributed by atoms with E-state index in [0.29, 0.717) is 5.66 Å². The fourth-order valence-electron chi connectivity index (χ4n) is 5.80. The Balaban J connectivity index is 0.000000805. The Bertz CT molecular complexity index is 1540. The van der Waals surface area contributed by atoms with Crippen LogP contribution in [0, 0.1) is 42.5 Å². The minimum atomic E-state index is -0.639. The van der Waals surface area contributed by atoms with Gasteiger partial charge in [0.05, 0.1) is 0 Å². The van der Waals surface area contributed by atoms with Gasteiger partial charge < -0.3 is 14.9 Å². The first kappa shape index (κ1) is 38.1. The summed E-state index contributed by atoms with van der Waals surface area (Å²) in [5.41, 5.74) is 7.26. The second kappa shape index (κ2) is 18.2. The first-order chi connectivity index (χ1) is 20.4. The molecule has 0 N–H and O–H groups in total. The largest absolute Gasteiger partial charge is 4.00 e. The van der Waals surface area contributed by atoms with Gasteiger partial charge in [0.2, 0.25) is 0 Å². The molecular weight excluding hydrogens is 622 g/mol. The second-order valence-electron chi connectivity index (χ2n) is 11.1. The monoisotopic (exact) mass is 668 g/mol. The standard InChI is InChI=1S/C35H35P2.C5H5.2CH3.Fe/c1-25-19-26(2)22-32(21-25)36(33-23-27(3)20-28(4)24-33)29(5)34-17-12-18-35(34)37(30-13-8-6-9-14-30)31-15-10-7-11-16-31;1-2-4-5-3-1;;;/h6-24,29H,1-5H3;1-5H;2*1H3;/q4*-1;+4/t29-;;;;/m1..../s1. The molecule has 0 aliphatic heterocycles. The van der Waals surface area contributed by atoms with Gasteiger partial charge in [-0.25, -0.2) is 24.3 Å². The Kier molecular flexibility index (Phi) is 15.4. The van der Waals surface area contributed by atoms with Crippen LogP contribution in [0.15, 0.2) is 146 Å². The number of hydrogen-bond donors (Lipinski definition) is 0. The molecule has 232 valence electrons. The number of aryl methyl sites for hydroxylation is 4. The average Bonchev–Trinajstić information content (AvgIpc) is 3.70. The van der Waals surface area contributed by atoms with Crippen LogP contribution in [0.4, 0.5) is 0 Å². The summed E-state index contributed by atoms with van der Waals surface area (Å²) < 4.78 is 0. The third kappa shape index (κ3) is 9.72. The molecule has 6 rings (SSSR count). The van der Waals surface area contributed by atoms with Crippen LogP contribution < -0.4 is 26.5 Å². The van der Waals surface area contributed by atoms with Crippen LogP contribution in [-0.2, 0) is 17.1 Å². The summed E-state index contributed by atoms with van der Waals surface area (Å²) in [6.45, 7) is 11.4. The fourth-order valence-corrected chi connectivity index (χ4v) is 11.5. The van der Waals surface area contributed by atoms with E-state index in [1.54, 1.807) is 0 Å². The van der Waals surface area contributed by atoms with Crippen LogP contribution in [0.5, 0.6) is 0 Å². The van der Waals surface area contributed by atoms with Crippen LogP contribution in [0.25, 0.3) is 0 Å². The predicted molar refractivity (Wildman–Crippen MR) is 202 cm³/mol. The maximum atomic E-state index is 2.46. The van der Waals surface area contributed by atoms with Gasteiger partial charge in [0.15, 0.2) is 0 Å². The van der Waals surface area contributed by atoms with Gasteiger partial charge >= 0.3 is 17.1 Å². The van der Waals surface area contributed by atoms with Crippen molar-refractivity contribution < 1.29 is 17.1 Å². The van der Waals surface area contributed by atoms with Crippen LogP contribution in [0.2, 0.25) is 0 Å². The van der Waals surface area contributed by atoms with Gasteiger partial charge in [-0.2, -0.15) is 24.3 Å². The van der Waals surface area contributed by atoms with E-state index in [4.69, 9.17) is 0 Å². The molecule has 0 spiro atoms. The molecule has 0 amide bonds. The van der Waals surface area contributed by atoms with Gasteiger partial charge in [-0.15, -0.1) is 10.9 Å². The molecule has 6 aromatic carbocycles. The Hall–Kier alpha value is -3.04. The molecule has 0 bridgehead atoms. The van der Waals surface area contributed by atoms with Gasteiger partial charge in [0, 0.05) is 0 Å². The zero-order chi connectivity index (χ0) is 29.5. The number of rotatable bonds is 7. The van der Waals surface area contributed by atoms with E-state index in [9.17, 15) is 0 Å². The molecule has 0 aliphatic carbocycles. The van der Waals surface area contributed by atoms with Gasteiger partial charge in [-0.1, -0.05) is 126 Å². The fraction of sp³-hybridized carbons (Fsp3) is 0.143. The van der Waals surface area contributed by atoms with Crippen molar-refractivity contribution in [1.82, 2.24) is 0 Å². The Morgan fingerprint density at radius 2 is 0.956 bits per heavy atom. The van der Waals surface area contributed by atoms with Crippen molar-refractivity contribution >= 4 is 42.4 Å². The van der Waals surface area contributed by atoms with Crippen molar-refractivity contribution in [2.24, 2.45) is 0 Å². The second-order valence-corrected chi connectivity index (χ2v) is 15.8.